The molecule has 1 aromatic heterocycles. The number of fused-ring (bicyclic) bond motifs is 6. The fraction of sp³-hybridized carbons (Fsp3) is 0.650. The highest BCUT2D eigenvalue weighted by molar-refractivity contribution is 7.91. The smallest absolute Gasteiger partial charge is 0.408 e. The number of methoxy groups -OCH3 is 1. The van der Waals surface area contributed by atoms with Gasteiger partial charge in [0, 0.05) is 24.3 Å². The maximum atomic E-state index is 14.7. The summed E-state index contributed by atoms with van der Waals surface area (Å²) in [6, 6.07) is 3.39. The zero-order valence-electron chi connectivity index (χ0n) is 32.1. The summed E-state index contributed by atoms with van der Waals surface area (Å²) in [5.41, 5.74) is -0.170. The molecular formula is C40H52N6O9S. The molecule has 8 rings (SSSR count). The highest BCUT2D eigenvalue weighted by Crippen LogP contribution is 2.50. The molecule has 6 aliphatic rings. The predicted octanol–water partition coefficient (Wildman–Crippen LogP) is 3.98. The summed E-state index contributed by atoms with van der Waals surface area (Å²) in [4.78, 5) is 67.6. The van der Waals surface area contributed by atoms with Crippen molar-refractivity contribution in [1.82, 2.24) is 30.2 Å². The van der Waals surface area contributed by atoms with Gasteiger partial charge in [-0.05, 0) is 83.3 Å². The van der Waals surface area contributed by atoms with Crippen LogP contribution in [0.4, 0.5) is 4.79 Å². The predicted molar refractivity (Wildman–Crippen MR) is 204 cm³/mol. The van der Waals surface area contributed by atoms with Crippen LogP contribution >= 0.6 is 0 Å². The van der Waals surface area contributed by atoms with Crippen LogP contribution in [0.1, 0.15) is 103 Å². The Kier molecular flexibility index (Phi) is 10.4. The molecule has 3 N–H and O–H groups in total. The Morgan fingerprint density at radius 3 is 2.61 bits per heavy atom. The van der Waals surface area contributed by atoms with Crippen molar-refractivity contribution in [3.05, 3.63) is 36.0 Å². The average molecular weight is 793 g/mol. The molecule has 3 aliphatic heterocycles. The number of amides is 4. The zero-order chi connectivity index (χ0) is 39.2. The van der Waals surface area contributed by atoms with E-state index in [1.807, 2.05) is 31.2 Å². The molecule has 1 aromatic carbocycles. The number of carbonyl (C=O) groups excluding carboxylic acids is 4. The van der Waals surface area contributed by atoms with Gasteiger partial charge in [-0.3, -0.25) is 19.1 Å². The second-order valence-electron chi connectivity index (χ2n) is 16.7. The molecule has 0 spiro atoms. The Labute approximate surface area is 327 Å². The molecule has 0 radical (unpaired) electrons. The third-order valence-electron chi connectivity index (χ3n) is 12.5. The number of alkyl carbamates (subject to hydrolysis) is 1. The van der Waals surface area contributed by atoms with Gasteiger partial charge < -0.3 is 29.7 Å². The van der Waals surface area contributed by atoms with Gasteiger partial charge in [-0.2, -0.15) is 0 Å². The van der Waals surface area contributed by atoms with Crippen molar-refractivity contribution in [1.29, 1.82) is 0 Å². The summed E-state index contributed by atoms with van der Waals surface area (Å²) in [5.74, 6) is -1.12. The maximum Gasteiger partial charge on any atom is 0.408 e. The second-order valence-corrected chi connectivity index (χ2v) is 18.7. The van der Waals surface area contributed by atoms with Crippen LogP contribution in [0.3, 0.4) is 0 Å². The molecule has 4 fully saturated rings. The molecule has 3 bridgehead atoms. The number of aryl methyl sites for hydroxylation is 1. The van der Waals surface area contributed by atoms with E-state index < -0.39 is 74.3 Å². The number of ether oxygens (including phenoxy) is 3. The molecular weight excluding hydrogens is 741 g/mol. The number of hydrogen-bond acceptors (Lipinski definition) is 11. The lowest BCUT2D eigenvalue weighted by molar-refractivity contribution is -0.141. The molecule has 2 aromatic rings. The van der Waals surface area contributed by atoms with Crippen molar-refractivity contribution < 1.29 is 41.8 Å². The Bertz CT molecular complexity index is 2040. The van der Waals surface area contributed by atoms with Gasteiger partial charge in [0.25, 0.3) is 5.91 Å². The molecule has 7 unspecified atom stereocenters. The molecule has 1 saturated heterocycles. The quantitative estimate of drug-likeness (QED) is 0.379. The number of benzene rings is 1. The van der Waals surface area contributed by atoms with E-state index in [-0.39, 0.29) is 25.3 Å². The van der Waals surface area contributed by atoms with Crippen molar-refractivity contribution in [3.63, 3.8) is 0 Å². The van der Waals surface area contributed by atoms with Crippen molar-refractivity contribution in [3.8, 4) is 11.6 Å². The summed E-state index contributed by atoms with van der Waals surface area (Å²) in [6.45, 7) is 1.93. The Balaban J connectivity index is 1.14. The fourth-order valence-electron chi connectivity index (χ4n) is 8.65. The van der Waals surface area contributed by atoms with E-state index in [0.717, 1.165) is 44.9 Å². The number of nitrogens with one attached hydrogen (secondary N) is 3. The minimum absolute atomic E-state index is 0.000206. The van der Waals surface area contributed by atoms with Crippen molar-refractivity contribution in [2.24, 2.45) is 11.8 Å². The molecule has 3 aliphatic carbocycles. The lowest BCUT2D eigenvalue weighted by atomic mass is 10.0. The third-order valence-corrected chi connectivity index (χ3v) is 14.3. The Morgan fingerprint density at radius 2 is 1.80 bits per heavy atom. The molecule has 3 saturated carbocycles. The van der Waals surface area contributed by atoms with Crippen molar-refractivity contribution >= 4 is 44.9 Å². The van der Waals surface area contributed by atoms with Crippen LogP contribution in [0, 0.1) is 11.8 Å². The number of carbonyl (C=O) groups is 4. The molecule has 4 amide bonds. The monoisotopic (exact) mass is 792 g/mol. The highest BCUT2D eigenvalue weighted by Gasteiger charge is 2.62. The number of aromatic nitrogens is 2. The van der Waals surface area contributed by atoms with Crippen LogP contribution in [0.2, 0.25) is 0 Å². The molecule has 56 heavy (non-hydrogen) atoms. The standard InChI is InChI=1S/C40H52N6O9S/c1-39-21-24(39)11-8-6-10-13-30-35(42-32-19-26(53-2)15-18-29(32)41-30)54-27-20-33-34(47)44-40(37(49)45-56(51,52)28-16-17-28)22-25(40)12-7-4-3-5-9-14-31(43-38(50)55-39)36(48)46(33)23-27/h7,12,15,18-19,24-25,27-28,31,33H,3-6,8-11,13-14,16-17,20-23H2,1-2H3,(H,43,50)(H,44,47)(H,45,49)/b12-7-. The van der Waals surface area contributed by atoms with Gasteiger partial charge in [0.2, 0.25) is 27.7 Å². The third kappa shape index (κ3) is 8.03. The summed E-state index contributed by atoms with van der Waals surface area (Å²) >= 11 is 0. The van der Waals surface area contributed by atoms with E-state index in [0.29, 0.717) is 66.9 Å². The van der Waals surface area contributed by atoms with E-state index in [4.69, 9.17) is 24.2 Å². The fourth-order valence-corrected chi connectivity index (χ4v) is 10.0. The normalized spacial score (nSPS) is 33.3. The molecule has 7 atom stereocenters. The number of nitrogens with zero attached hydrogens (tertiary/aromatic N) is 3. The molecule has 302 valence electrons. The first kappa shape index (κ1) is 38.4. The summed E-state index contributed by atoms with van der Waals surface area (Å²) in [5, 5.41) is 5.14. The topological polar surface area (TPSA) is 195 Å². The van der Waals surface area contributed by atoms with E-state index in [1.165, 1.54) is 4.90 Å². The SMILES string of the molecule is COc1ccc2nc3c(nc2c1)OC1CC2C(=O)NC4(C(=O)NS(=O)(=O)C5CC5)CC4/C=C\CCCCCC(NC(=O)OC4(C)CC4CCCCC3)C(=O)N2C1. The minimum atomic E-state index is -3.89. The highest BCUT2D eigenvalue weighted by atomic mass is 32.2. The largest absolute Gasteiger partial charge is 0.497 e. The van der Waals surface area contributed by atoms with Gasteiger partial charge in [0.05, 0.1) is 29.9 Å². The lowest BCUT2D eigenvalue weighted by Crippen LogP contribution is -2.58. The molecule has 15 nitrogen and oxygen atoms in total. The van der Waals surface area contributed by atoms with Gasteiger partial charge in [0.15, 0.2) is 0 Å². The first-order valence-electron chi connectivity index (χ1n) is 20.2. The summed E-state index contributed by atoms with van der Waals surface area (Å²) < 4.78 is 46.0. The van der Waals surface area contributed by atoms with Crippen LogP contribution < -0.4 is 24.8 Å². The van der Waals surface area contributed by atoms with E-state index in [9.17, 15) is 27.6 Å². The van der Waals surface area contributed by atoms with Gasteiger partial charge >= 0.3 is 6.09 Å². The minimum Gasteiger partial charge on any atom is -0.497 e. The second kappa shape index (κ2) is 15.1. The van der Waals surface area contributed by atoms with Crippen LogP contribution in [0.15, 0.2) is 30.4 Å². The van der Waals surface area contributed by atoms with E-state index in [1.54, 1.807) is 13.2 Å². The first-order chi connectivity index (χ1) is 26.9. The van der Waals surface area contributed by atoms with Crippen LogP contribution in [-0.4, -0.2) is 95.3 Å². The van der Waals surface area contributed by atoms with Crippen molar-refractivity contribution in [2.45, 2.75) is 138 Å². The number of hydrogen-bond donors (Lipinski definition) is 3. The summed E-state index contributed by atoms with van der Waals surface area (Å²) in [7, 11) is -2.31. The summed E-state index contributed by atoms with van der Waals surface area (Å²) in [6.07, 6.45) is 12.0. The molecule has 4 heterocycles. The van der Waals surface area contributed by atoms with Gasteiger partial charge in [-0.15, -0.1) is 0 Å². The number of rotatable bonds is 4. The lowest BCUT2D eigenvalue weighted by Gasteiger charge is -2.30. The Hall–Kier alpha value is -4.47. The van der Waals surface area contributed by atoms with Crippen LogP contribution in [0.5, 0.6) is 11.6 Å². The van der Waals surface area contributed by atoms with Crippen LogP contribution in [0.25, 0.3) is 11.0 Å². The maximum absolute atomic E-state index is 14.7. The first-order valence-corrected chi connectivity index (χ1v) is 21.8. The van der Waals surface area contributed by atoms with Crippen molar-refractivity contribution in [2.75, 3.05) is 13.7 Å². The average Bonchev–Trinajstić information content (AvgIpc) is 4.11. The van der Waals surface area contributed by atoms with Gasteiger partial charge in [-0.1, -0.05) is 37.8 Å². The Morgan fingerprint density at radius 1 is 1.00 bits per heavy atom. The number of allylic oxidation sites excluding steroid dienone is 1. The van der Waals surface area contributed by atoms with E-state index >= 15 is 0 Å². The number of sulfonamides is 1. The zero-order valence-corrected chi connectivity index (χ0v) is 32.9. The van der Waals surface area contributed by atoms with E-state index in [2.05, 4.69) is 15.4 Å². The van der Waals surface area contributed by atoms with Gasteiger partial charge in [-0.25, -0.2) is 23.2 Å². The molecule has 16 heteroatoms. The van der Waals surface area contributed by atoms with Gasteiger partial charge in [0.1, 0.15) is 40.8 Å². The van der Waals surface area contributed by atoms with Crippen LogP contribution in [-0.2, 0) is 35.6 Å².